The van der Waals surface area contributed by atoms with Gasteiger partial charge in [0, 0.05) is 37.3 Å². The summed E-state index contributed by atoms with van der Waals surface area (Å²) in [6.45, 7) is 2.84. The molecule has 36 heavy (non-hydrogen) atoms. The number of carboxylic acid groups (broad SMARTS) is 1. The number of halogens is 1. The lowest BCUT2D eigenvalue weighted by atomic mass is 10.2. The van der Waals surface area contributed by atoms with E-state index in [1.807, 2.05) is 47.0 Å². The Morgan fingerprint density at radius 3 is 2.64 bits per heavy atom. The minimum absolute atomic E-state index is 0.0620. The number of aliphatic carboxylic acids is 1. The fraction of sp³-hybridized carbons (Fsp3) is 0.280. The molecule has 0 radical (unpaired) electrons. The van der Waals surface area contributed by atoms with Gasteiger partial charge < -0.3 is 14.9 Å². The van der Waals surface area contributed by atoms with Gasteiger partial charge in [-0.05, 0) is 42.8 Å². The first-order chi connectivity index (χ1) is 17.3. The number of fused-ring (bicyclic) bond motifs is 1. The van der Waals surface area contributed by atoms with Crippen LogP contribution in [0.1, 0.15) is 12.6 Å². The van der Waals surface area contributed by atoms with Crippen LogP contribution in [-0.4, -0.2) is 69.5 Å². The molecule has 0 spiro atoms. The number of carboxylic acids is 1. The zero-order chi connectivity index (χ0) is 25.4. The number of thiazole rings is 1. The molecule has 11 heteroatoms. The summed E-state index contributed by atoms with van der Waals surface area (Å²) in [5.74, 6) is -0.523. The third-order valence-corrected chi connectivity index (χ3v) is 7.11. The molecule has 1 fully saturated rings. The number of anilines is 3. The molecule has 0 atom stereocenters. The minimum Gasteiger partial charge on any atom is -0.480 e. The highest BCUT2D eigenvalue weighted by atomic mass is 32.1. The molecular formula is C25H25FN6O3S. The highest BCUT2D eigenvalue weighted by Crippen LogP contribution is 2.34. The summed E-state index contributed by atoms with van der Waals surface area (Å²) in [4.78, 5) is 38.7. The molecule has 0 saturated carbocycles. The molecule has 1 aliphatic rings. The first-order valence-electron chi connectivity index (χ1n) is 11.5. The molecule has 1 saturated heterocycles. The lowest BCUT2D eigenvalue weighted by Crippen LogP contribution is -2.51. The second kappa shape index (κ2) is 9.67. The van der Waals surface area contributed by atoms with Crippen molar-refractivity contribution >= 4 is 45.5 Å². The quantitative estimate of drug-likeness (QED) is 0.407. The van der Waals surface area contributed by atoms with Crippen LogP contribution in [-0.2, 0) is 16.0 Å². The Labute approximate surface area is 211 Å². The summed E-state index contributed by atoms with van der Waals surface area (Å²) >= 11 is 1.48. The van der Waals surface area contributed by atoms with Gasteiger partial charge >= 0.3 is 5.97 Å². The Bertz CT molecular complexity index is 1430. The molecule has 0 unspecified atom stereocenters. The molecule has 3 aromatic heterocycles. The van der Waals surface area contributed by atoms with E-state index < -0.39 is 5.97 Å². The van der Waals surface area contributed by atoms with Crippen LogP contribution in [0.15, 0.2) is 48.0 Å². The monoisotopic (exact) mass is 508 g/mol. The topological polar surface area (TPSA) is 94.3 Å². The highest BCUT2D eigenvalue weighted by Gasteiger charge is 2.27. The third-order valence-electron chi connectivity index (χ3n) is 6.19. The van der Waals surface area contributed by atoms with E-state index in [1.165, 1.54) is 23.5 Å². The molecule has 4 heterocycles. The molecule has 1 aromatic carbocycles. The maximum Gasteiger partial charge on any atom is 0.317 e. The molecule has 1 N–H and O–H groups in total. The van der Waals surface area contributed by atoms with Crippen molar-refractivity contribution < 1.29 is 19.1 Å². The third kappa shape index (κ3) is 4.54. The van der Waals surface area contributed by atoms with E-state index in [-0.39, 0.29) is 24.8 Å². The number of benzene rings is 1. The number of aryl methyl sites for hydroxylation is 1. The van der Waals surface area contributed by atoms with Gasteiger partial charge in [-0.15, -0.1) is 11.3 Å². The van der Waals surface area contributed by atoms with Gasteiger partial charge in [0.05, 0.1) is 30.2 Å². The van der Waals surface area contributed by atoms with E-state index >= 15 is 0 Å². The zero-order valence-electron chi connectivity index (χ0n) is 19.9. The molecule has 186 valence electrons. The maximum absolute atomic E-state index is 13.3. The number of pyridine rings is 1. The number of hydrogen-bond acceptors (Lipinski definition) is 7. The van der Waals surface area contributed by atoms with Crippen LogP contribution in [0.2, 0.25) is 0 Å². The SMILES string of the molecule is CCc1nc2ccc(N3CCN(CC(=O)O)CC3=O)cn2c1N(C)c1nc(-c2ccc(F)cc2)cs1. The Kier molecular flexibility index (Phi) is 6.42. The average Bonchev–Trinajstić information content (AvgIpc) is 3.48. The summed E-state index contributed by atoms with van der Waals surface area (Å²) in [6.07, 6.45) is 2.60. The summed E-state index contributed by atoms with van der Waals surface area (Å²) < 4.78 is 15.3. The largest absolute Gasteiger partial charge is 0.480 e. The van der Waals surface area contributed by atoms with Crippen LogP contribution in [0.25, 0.3) is 16.9 Å². The van der Waals surface area contributed by atoms with Crippen LogP contribution < -0.4 is 9.80 Å². The van der Waals surface area contributed by atoms with Gasteiger partial charge in [-0.3, -0.25) is 18.9 Å². The van der Waals surface area contributed by atoms with E-state index in [0.29, 0.717) is 19.5 Å². The number of rotatable bonds is 7. The Morgan fingerprint density at radius 2 is 1.94 bits per heavy atom. The Hall–Kier alpha value is -3.83. The van der Waals surface area contributed by atoms with Crippen molar-refractivity contribution in [3.63, 3.8) is 0 Å². The number of aromatic nitrogens is 3. The summed E-state index contributed by atoms with van der Waals surface area (Å²) in [6, 6.07) is 10.0. The molecular weight excluding hydrogens is 483 g/mol. The van der Waals surface area contributed by atoms with Crippen LogP contribution in [0, 0.1) is 5.82 Å². The van der Waals surface area contributed by atoms with Crippen LogP contribution in [0.5, 0.6) is 0 Å². The predicted molar refractivity (Wildman–Crippen MR) is 137 cm³/mol. The molecule has 0 aliphatic carbocycles. The molecule has 0 bridgehead atoms. The van der Waals surface area contributed by atoms with Crippen molar-refractivity contribution in [2.45, 2.75) is 13.3 Å². The number of nitrogens with zero attached hydrogens (tertiary/aromatic N) is 6. The molecule has 9 nitrogen and oxygen atoms in total. The molecule has 1 amide bonds. The fourth-order valence-corrected chi connectivity index (χ4v) is 5.21. The van der Waals surface area contributed by atoms with Crippen LogP contribution in [0.3, 0.4) is 0 Å². The van der Waals surface area contributed by atoms with E-state index in [0.717, 1.165) is 39.2 Å². The second-order valence-corrected chi connectivity index (χ2v) is 9.42. The van der Waals surface area contributed by atoms with Gasteiger partial charge in [0.15, 0.2) is 5.13 Å². The summed E-state index contributed by atoms with van der Waals surface area (Å²) in [5.41, 5.74) is 3.97. The number of piperazine rings is 1. The Morgan fingerprint density at radius 1 is 1.17 bits per heavy atom. The Balaban J connectivity index is 1.46. The van der Waals surface area contributed by atoms with Crippen molar-refractivity contribution in [2.24, 2.45) is 0 Å². The van der Waals surface area contributed by atoms with E-state index in [9.17, 15) is 14.0 Å². The van der Waals surface area contributed by atoms with E-state index in [4.69, 9.17) is 15.1 Å². The summed E-state index contributed by atoms with van der Waals surface area (Å²) in [7, 11) is 1.93. The smallest absolute Gasteiger partial charge is 0.317 e. The van der Waals surface area contributed by atoms with E-state index in [1.54, 1.807) is 21.9 Å². The molecule has 1 aliphatic heterocycles. The first-order valence-corrected chi connectivity index (χ1v) is 12.4. The molecule has 4 aromatic rings. The van der Waals surface area contributed by atoms with Gasteiger partial charge in [0.2, 0.25) is 5.91 Å². The number of carbonyl (C=O) groups is 2. The second-order valence-electron chi connectivity index (χ2n) is 8.58. The van der Waals surface area contributed by atoms with Crippen molar-refractivity contribution in [2.75, 3.05) is 43.0 Å². The fourth-order valence-electron chi connectivity index (χ4n) is 4.41. The number of carbonyl (C=O) groups excluding carboxylic acids is 1. The van der Waals surface area contributed by atoms with Gasteiger partial charge in [-0.2, -0.15) is 0 Å². The van der Waals surface area contributed by atoms with Crippen molar-refractivity contribution in [3.05, 3.63) is 59.5 Å². The van der Waals surface area contributed by atoms with Crippen molar-refractivity contribution in [3.8, 4) is 11.3 Å². The number of hydrogen-bond donors (Lipinski definition) is 1. The van der Waals surface area contributed by atoms with Gasteiger partial charge in [0.25, 0.3) is 0 Å². The normalized spacial score (nSPS) is 14.5. The van der Waals surface area contributed by atoms with Gasteiger partial charge in [-0.25, -0.2) is 14.4 Å². The lowest BCUT2D eigenvalue weighted by molar-refractivity contribution is -0.139. The van der Waals surface area contributed by atoms with Crippen molar-refractivity contribution in [1.29, 1.82) is 0 Å². The number of amides is 1. The summed E-state index contributed by atoms with van der Waals surface area (Å²) in [5, 5.41) is 11.7. The zero-order valence-corrected chi connectivity index (χ0v) is 20.7. The van der Waals surface area contributed by atoms with Crippen LogP contribution >= 0.6 is 11.3 Å². The van der Waals surface area contributed by atoms with E-state index in [2.05, 4.69) is 0 Å². The van der Waals surface area contributed by atoms with Gasteiger partial charge in [-0.1, -0.05) is 6.92 Å². The number of imidazole rings is 1. The lowest BCUT2D eigenvalue weighted by Gasteiger charge is -2.33. The standard InChI is InChI=1S/C25H25FN6O3S/c1-3-19-24(29(2)25-28-20(15-36-25)16-4-6-17(26)7-5-16)32-12-18(8-9-21(32)27-19)31-11-10-30(13-22(31)33)14-23(34)35/h4-9,12,15H,3,10-11,13-14H2,1-2H3,(H,34,35). The highest BCUT2D eigenvalue weighted by molar-refractivity contribution is 7.14. The van der Waals surface area contributed by atoms with Crippen LogP contribution in [0.4, 0.5) is 21.0 Å². The first kappa shape index (κ1) is 23.9. The van der Waals surface area contributed by atoms with Gasteiger partial charge in [0.1, 0.15) is 17.3 Å². The predicted octanol–water partition coefficient (Wildman–Crippen LogP) is 3.66. The maximum atomic E-state index is 13.3. The minimum atomic E-state index is -0.944. The molecule has 5 rings (SSSR count). The average molecular weight is 509 g/mol. The van der Waals surface area contributed by atoms with Crippen molar-refractivity contribution in [1.82, 2.24) is 19.3 Å².